The molecule has 0 saturated carbocycles. The number of rotatable bonds is 5. The van der Waals surface area contributed by atoms with Gasteiger partial charge in [-0.3, -0.25) is 19.3 Å². The zero-order chi connectivity index (χ0) is 21.2. The summed E-state index contributed by atoms with van der Waals surface area (Å²) in [5.41, 5.74) is 1.35. The second-order valence-electron chi connectivity index (χ2n) is 8.79. The lowest BCUT2D eigenvalue weighted by molar-refractivity contribution is -0.142. The van der Waals surface area contributed by atoms with Crippen molar-refractivity contribution in [2.45, 2.75) is 54.0 Å². The van der Waals surface area contributed by atoms with E-state index < -0.39 is 0 Å². The number of hydrogen-bond acceptors (Lipinski definition) is 3. The summed E-state index contributed by atoms with van der Waals surface area (Å²) in [5, 5.41) is 0.578. The van der Waals surface area contributed by atoms with Crippen LogP contribution in [0.15, 0.2) is 18.2 Å². The smallest absolute Gasteiger partial charge is 0.248 e. The minimum atomic E-state index is -0.230. The molecule has 1 aromatic rings. The largest absolute Gasteiger partial charge is 0.331 e. The second kappa shape index (κ2) is 8.52. The molecule has 7 heteroatoms. The Bertz CT molecular complexity index is 771. The fraction of sp³-hybridized carbons (Fsp3) is 0.571. The van der Waals surface area contributed by atoms with Gasteiger partial charge < -0.3 is 9.80 Å². The Kier molecular flexibility index (Phi) is 6.75. The molecule has 0 N–H and O–H groups in total. The van der Waals surface area contributed by atoms with E-state index in [1.165, 1.54) is 4.90 Å². The van der Waals surface area contributed by atoms with E-state index in [4.69, 9.17) is 11.6 Å². The minimum Gasteiger partial charge on any atom is -0.331 e. The number of anilines is 1. The third-order valence-electron chi connectivity index (χ3n) is 4.75. The lowest BCUT2D eigenvalue weighted by Crippen LogP contribution is -2.46. The van der Waals surface area contributed by atoms with Crippen LogP contribution < -0.4 is 4.90 Å². The SMILES string of the molecule is Cc1c(Cl)cccc1N1CN(C(=O)CN(C(=O)CC(C)(C)C)C(C)C)CC1=O. The Hall–Kier alpha value is -2.08. The van der Waals surface area contributed by atoms with E-state index in [-0.39, 0.29) is 48.9 Å². The zero-order valence-corrected chi connectivity index (χ0v) is 18.3. The number of hydrogen-bond donors (Lipinski definition) is 0. The first-order chi connectivity index (χ1) is 12.9. The molecule has 1 fully saturated rings. The topological polar surface area (TPSA) is 60.9 Å². The first-order valence-corrected chi connectivity index (χ1v) is 9.91. The van der Waals surface area contributed by atoms with Crippen molar-refractivity contribution in [3.05, 3.63) is 28.8 Å². The third kappa shape index (κ3) is 5.25. The van der Waals surface area contributed by atoms with E-state index in [1.54, 1.807) is 21.9 Å². The zero-order valence-electron chi connectivity index (χ0n) is 17.6. The molecule has 2 rings (SSSR count). The molecule has 3 amide bonds. The Morgan fingerprint density at radius 2 is 1.89 bits per heavy atom. The highest BCUT2D eigenvalue weighted by molar-refractivity contribution is 6.31. The van der Waals surface area contributed by atoms with Crippen molar-refractivity contribution >= 4 is 35.0 Å². The highest BCUT2D eigenvalue weighted by atomic mass is 35.5. The first kappa shape index (κ1) is 22.2. The normalized spacial score (nSPS) is 14.8. The Labute approximate surface area is 172 Å². The molecule has 0 radical (unpaired) electrons. The van der Waals surface area contributed by atoms with Crippen molar-refractivity contribution < 1.29 is 14.4 Å². The maximum atomic E-state index is 12.8. The van der Waals surface area contributed by atoms with Crippen LogP contribution in [0.3, 0.4) is 0 Å². The van der Waals surface area contributed by atoms with Crippen molar-refractivity contribution in [1.29, 1.82) is 0 Å². The molecule has 0 aliphatic carbocycles. The molecule has 1 aliphatic rings. The van der Waals surface area contributed by atoms with Gasteiger partial charge in [0.25, 0.3) is 0 Å². The highest BCUT2D eigenvalue weighted by Crippen LogP contribution is 2.29. The van der Waals surface area contributed by atoms with Crippen molar-refractivity contribution in [3.63, 3.8) is 0 Å². The van der Waals surface area contributed by atoms with Gasteiger partial charge in [0, 0.05) is 23.2 Å². The number of amides is 3. The molecular weight excluding hydrogens is 378 g/mol. The van der Waals surface area contributed by atoms with E-state index in [1.807, 2.05) is 47.6 Å². The van der Waals surface area contributed by atoms with Crippen LogP contribution in [0.4, 0.5) is 5.69 Å². The predicted octanol–water partition coefficient (Wildman–Crippen LogP) is 3.45. The van der Waals surface area contributed by atoms with Gasteiger partial charge >= 0.3 is 0 Å². The van der Waals surface area contributed by atoms with Crippen LogP contribution in [0, 0.1) is 12.3 Å². The van der Waals surface area contributed by atoms with Crippen LogP contribution in [0.5, 0.6) is 0 Å². The average molecular weight is 408 g/mol. The molecule has 1 aliphatic heterocycles. The molecule has 1 aromatic carbocycles. The summed E-state index contributed by atoms with van der Waals surface area (Å²) in [6.07, 6.45) is 0.366. The number of carbonyl (C=O) groups excluding carboxylic acids is 3. The first-order valence-electron chi connectivity index (χ1n) is 9.53. The molecule has 1 saturated heterocycles. The predicted molar refractivity (Wildman–Crippen MR) is 111 cm³/mol. The van der Waals surface area contributed by atoms with Gasteiger partial charge in [-0.2, -0.15) is 0 Å². The summed E-state index contributed by atoms with van der Waals surface area (Å²) in [6.45, 7) is 11.8. The summed E-state index contributed by atoms with van der Waals surface area (Å²) < 4.78 is 0. The quantitative estimate of drug-likeness (QED) is 0.751. The monoisotopic (exact) mass is 407 g/mol. The van der Waals surface area contributed by atoms with Gasteiger partial charge in [-0.25, -0.2) is 0 Å². The molecule has 0 bridgehead atoms. The van der Waals surface area contributed by atoms with Gasteiger partial charge in [0.2, 0.25) is 17.7 Å². The number of benzene rings is 1. The number of carbonyl (C=O) groups is 3. The van der Waals surface area contributed by atoms with E-state index in [2.05, 4.69) is 0 Å². The lowest BCUT2D eigenvalue weighted by atomic mass is 9.91. The molecule has 154 valence electrons. The fourth-order valence-electron chi connectivity index (χ4n) is 3.17. The highest BCUT2D eigenvalue weighted by Gasteiger charge is 2.34. The molecular formula is C21H30ClN3O3. The molecule has 28 heavy (non-hydrogen) atoms. The van der Waals surface area contributed by atoms with Crippen molar-refractivity contribution in [3.8, 4) is 0 Å². The van der Waals surface area contributed by atoms with Gasteiger partial charge in [-0.05, 0) is 43.9 Å². The van der Waals surface area contributed by atoms with Crippen LogP contribution in [0.25, 0.3) is 0 Å². The molecule has 0 unspecified atom stereocenters. The van der Waals surface area contributed by atoms with Crippen molar-refractivity contribution in [2.75, 3.05) is 24.7 Å². The van der Waals surface area contributed by atoms with E-state index in [0.29, 0.717) is 17.1 Å². The Morgan fingerprint density at radius 1 is 1.25 bits per heavy atom. The van der Waals surface area contributed by atoms with Crippen LogP contribution in [-0.2, 0) is 14.4 Å². The molecule has 6 nitrogen and oxygen atoms in total. The summed E-state index contributed by atoms with van der Waals surface area (Å²) in [7, 11) is 0. The van der Waals surface area contributed by atoms with E-state index >= 15 is 0 Å². The van der Waals surface area contributed by atoms with Gasteiger partial charge in [0.05, 0.1) is 0 Å². The molecule has 0 spiro atoms. The maximum Gasteiger partial charge on any atom is 0.248 e. The van der Waals surface area contributed by atoms with Crippen LogP contribution in [0.2, 0.25) is 5.02 Å². The second-order valence-corrected chi connectivity index (χ2v) is 9.20. The standard InChI is InChI=1S/C21H30ClN3O3/c1-14(2)24(18(26)10-21(4,5)6)12-19(27)23-11-20(28)25(13-23)17-9-7-8-16(22)15(17)3/h7-9,14H,10-13H2,1-6H3. The van der Waals surface area contributed by atoms with E-state index in [9.17, 15) is 14.4 Å². The Balaban J connectivity index is 2.11. The Morgan fingerprint density at radius 3 is 2.46 bits per heavy atom. The van der Waals surface area contributed by atoms with Crippen LogP contribution in [-0.4, -0.2) is 53.3 Å². The van der Waals surface area contributed by atoms with Gasteiger partial charge in [0.1, 0.15) is 19.8 Å². The average Bonchev–Trinajstić information content (AvgIpc) is 2.94. The van der Waals surface area contributed by atoms with Gasteiger partial charge in [-0.1, -0.05) is 38.4 Å². The van der Waals surface area contributed by atoms with Crippen LogP contribution >= 0.6 is 11.6 Å². The van der Waals surface area contributed by atoms with Gasteiger partial charge in [-0.15, -0.1) is 0 Å². The van der Waals surface area contributed by atoms with E-state index in [0.717, 1.165) is 5.56 Å². The van der Waals surface area contributed by atoms with Gasteiger partial charge in [0.15, 0.2) is 0 Å². The number of nitrogens with zero attached hydrogens (tertiary/aromatic N) is 3. The molecule has 0 atom stereocenters. The molecule has 1 heterocycles. The maximum absolute atomic E-state index is 12.8. The minimum absolute atomic E-state index is 0.00415. The summed E-state index contributed by atoms with van der Waals surface area (Å²) in [5.74, 6) is -0.439. The summed E-state index contributed by atoms with van der Waals surface area (Å²) in [4.78, 5) is 42.6. The van der Waals surface area contributed by atoms with Crippen LogP contribution in [0.1, 0.15) is 46.6 Å². The van der Waals surface area contributed by atoms with Crippen molar-refractivity contribution in [1.82, 2.24) is 9.80 Å². The van der Waals surface area contributed by atoms with Crippen molar-refractivity contribution in [2.24, 2.45) is 5.41 Å². The summed E-state index contributed by atoms with van der Waals surface area (Å²) in [6, 6.07) is 5.28. The lowest BCUT2D eigenvalue weighted by Gasteiger charge is -2.30. The molecule has 0 aromatic heterocycles. The third-order valence-corrected chi connectivity index (χ3v) is 5.16. The number of halogens is 1. The fourth-order valence-corrected chi connectivity index (χ4v) is 3.34. The summed E-state index contributed by atoms with van der Waals surface area (Å²) >= 11 is 6.17.